The van der Waals surface area contributed by atoms with Crippen LogP contribution in [0.4, 0.5) is 10.1 Å². The molecule has 37 heavy (non-hydrogen) atoms. The monoisotopic (exact) mass is 525 g/mol. The third-order valence-corrected chi connectivity index (χ3v) is 8.01. The summed E-state index contributed by atoms with van der Waals surface area (Å²) in [5.74, 6) is -1.44. The van der Waals surface area contributed by atoms with E-state index in [9.17, 15) is 22.4 Å². The van der Waals surface area contributed by atoms with E-state index in [1.54, 1.807) is 49.4 Å². The molecular weight excluding hydrogens is 493 g/mol. The Hall–Kier alpha value is -3.46. The van der Waals surface area contributed by atoms with Gasteiger partial charge in [-0.15, -0.1) is 0 Å². The average Bonchev–Trinajstić information content (AvgIpc) is 3.38. The highest BCUT2D eigenvalue weighted by atomic mass is 32.2. The predicted octanol–water partition coefficient (Wildman–Crippen LogP) is 4.22. The van der Waals surface area contributed by atoms with E-state index in [1.807, 2.05) is 18.2 Å². The number of amides is 2. The van der Waals surface area contributed by atoms with Crippen molar-refractivity contribution in [2.45, 2.75) is 51.2 Å². The lowest BCUT2D eigenvalue weighted by Gasteiger charge is -2.32. The smallest absolute Gasteiger partial charge is 0.244 e. The van der Waals surface area contributed by atoms with Crippen LogP contribution in [0.1, 0.15) is 38.2 Å². The van der Waals surface area contributed by atoms with Crippen LogP contribution in [0.25, 0.3) is 10.8 Å². The average molecular weight is 526 g/mol. The Morgan fingerprint density at radius 1 is 1.00 bits per heavy atom. The number of nitrogens with one attached hydrogen (secondary N) is 1. The second-order valence-electron chi connectivity index (χ2n) is 9.55. The van der Waals surface area contributed by atoms with Crippen molar-refractivity contribution in [3.05, 3.63) is 78.1 Å². The van der Waals surface area contributed by atoms with Gasteiger partial charge in [0.15, 0.2) is 0 Å². The normalized spacial score (nSPS) is 14.9. The minimum absolute atomic E-state index is 0.0450. The van der Waals surface area contributed by atoms with E-state index < -0.39 is 34.3 Å². The SMILES string of the molecule is CC(C(=O)NC1CCCC1)N(Cc1ccccc1F)C(=O)CN(c1cccc2ccccc12)S(C)(=O)=O. The van der Waals surface area contributed by atoms with Crippen LogP contribution in [0.15, 0.2) is 66.7 Å². The molecule has 196 valence electrons. The molecule has 3 aromatic rings. The molecule has 1 unspecified atom stereocenters. The molecule has 0 heterocycles. The zero-order chi connectivity index (χ0) is 26.6. The summed E-state index contributed by atoms with van der Waals surface area (Å²) in [4.78, 5) is 28.1. The lowest BCUT2D eigenvalue weighted by atomic mass is 10.1. The third kappa shape index (κ3) is 6.28. The molecule has 0 saturated heterocycles. The maximum absolute atomic E-state index is 14.6. The quantitative estimate of drug-likeness (QED) is 0.453. The molecule has 1 fully saturated rings. The lowest BCUT2D eigenvalue weighted by molar-refractivity contribution is -0.139. The maximum atomic E-state index is 14.6. The highest BCUT2D eigenvalue weighted by molar-refractivity contribution is 7.92. The van der Waals surface area contributed by atoms with Gasteiger partial charge in [-0.25, -0.2) is 12.8 Å². The summed E-state index contributed by atoms with van der Waals surface area (Å²) in [6.45, 7) is 0.895. The minimum Gasteiger partial charge on any atom is -0.352 e. The molecule has 3 aromatic carbocycles. The standard InChI is InChI=1S/C28H32FN3O4S/c1-20(28(34)30-23-13-5-6-14-23)31(18-22-11-4-8-16-25(22)29)27(33)19-32(37(2,35)36)26-17-9-12-21-10-3-7-15-24(21)26/h3-4,7-12,15-17,20,23H,5-6,13-14,18-19H2,1-2H3,(H,30,34). The molecule has 9 heteroatoms. The van der Waals surface area contributed by atoms with E-state index in [1.165, 1.54) is 11.0 Å². The number of hydrogen-bond acceptors (Lipinski definition) is 4. The van der Waals surface area contributed by atoms with Gasteiger partial charge in [-0.3, -0.25) is 13.9 Å². The molecule has 0 aliphatic heterocycles. The highest BCUT2D eigenvalue weighted by Gasteiger charge is 2.32. The second kappa shape index (κ2) is 11.3. The fourth-order valence-electron chi connectivity index (χ4n) is 4.81. The zero-order valence-electron chi connectivity index (χ0n) is 21.1. The topological polar surface area (TPSA) is 86.8 Å². The number of anilines is 1. The molecule has 0 spiro atoms. The molecule has 7 nitrogen and oxygen atoms in total. The Kier molecular flexibility index (Phi) is 8.12. The van der Waals surface area contributed by atoms with Gasteiger partial charge in [0.25, 0.3) is 0 Å². The molecule has 1 aliphatic rings. The van der Waals surface area contributed by atoms with Gasteiger partial charge in [0.2, 0.25) is 21.8 Å². The molecule has 2 amide bonds. The molecule has 1 saturated carbocycles. The largest absolute Gasteiger partial charge is 0.352 e. The van der Waals surface area contributed by atoms with Crippen molar-refractivity contribution in [1.29, 1.82) is 0 Å². The fraction of sp³-hybridized carbons (Fsp3) is 0.357. The number of hydrogen-bond donors (Lipinski definition) is 1. The van der Waals surface area contributed by atoms with Gasteiger partial charge in [0, 0.05) is 23.5 Å². The molecule has 1 N–H and O–H groups in total. The van der Waals surface area contributed by atoms with Crippen molar-refractivity contribution in [3.63, 3.8) is 0 Å². The molecule has 0 aromatic heterocycles. The van der Waals surface area contributed by atoms with Crippen LogP contribution in [-0.4, -0.2) is 50.0 Å². The Labute approximate surface area is 217 Å². The Morgan fingerprint density at radius 3 is 2.35 bits per heavy atom. The van der Waals surface area contributed by atoms with Crippen LogP contribution in [0, 0.1) is 5.82 Å². The summed E-state index contributed by atoms with van der Waals surface area (Å²) < 4.78 is 41.4. The second-order valence-corrected chi connectivity index (χ2v) is 11.5. The third-order valence-electron chi connectivity index (χ3n) is 6.88. The van der Waals surface area contributed by atoms with Crippen molar-refractivity contribution >= 4 is 38.3 Å². The Bertz CT molecular complexity index is 1380. The number of halogens is 1. The van der Waals surface area contributed by atoms with Gasteiger partial charge in [-0.1, -0.05) is 67.4 Å². The highest BCUT2D eigenvalue weighted by Crippen LogP contribution is 2.29. The van der Waals surface area contributed by atoms with Gasteiger partial charge >= 0.3 is 0 Å². The minimum atomic E-state index is -3.87. The number of nitrogens with zero attached hydrogens (tertiary/aromatic N) is 2. The molecule has 0 radical (unpaired) electrons. The first kappa shape index (κ1) is 26.6. The van der Waals surface area contributed by atoms with Crippen molar-refractivity contribution in [3.8, 4) is 0 Å². The van der Waals surface area contributed by atoms with Crippen LogP contribution in [0.2, 0.25) is 0 Å². The first-order valence-electron chi connectivity index (χ1n) is 12.4. The molecular formula is C28H32FN3O4S. The van der Waals surface area contributed by atoms with Crippen LogP contribution in [0.3, 0.4) is 0 Å². The van der Waals surface area contributed by atoms with Crippen LogP contribution in [0.5, 0.6) is 0 Å². The van der Waals surface area contributed by atoms with E-state index in [0.29, 0.717) is 11.1 Å². The molecule has 1 atom stereocenters. The van der Waals surface area contributed by atoms with Gasteiger partial charge in [-0.2, -0.15) is 0 Å². The van der Waals surface area contributed by atoms with Gasteiger partial charge in [0.05, 0.1) is 11.9 Å². The summed E-state index contributed by atoms with van der Waals surface area (Å²) in [7, 11) is -3.87. The number of rotatable bonds is 9. The van der Waals surface area contributed by atoms with E-state index in [-0.39, 0.29) is 24.1 Å². The van der Waals surface area contributed by atoms with Crippen LogP contribution < -0.4 is 9.62 Å². The lowest BCUT2D eigenvalue weighted by Crippen LogP contribution is -2.52. The maximum Gasteiger partial charge on any atom is 0.244 e. The van der Waals surface area contributed by atoms with E-state index in [4.69, 9.17) is 0 Å². The summed E-state index contributed by atoms with van der Waals surface area (Å²) in [5, 5.41) is 4.50. The van der Waals surface area contributed by atoms with Crippen molar-refractivity contribution < 1.29 is 22.4 Å². The van der Waals surface area contributed by atoms with Crippen LogP contribution >= 0.6 is 0 Å². The predicted molar refractivity (Wildman–Crippen MR) is 143 cm³/mol. The summed E-state index contributed by atoms with van der Waals surface area (Å²) in [5.41, 5.74) is 0.607. The number of fused-ring (bicyclic) bond motifs is 1. The number of benzene rings is 3. The summed E-state index contributed by atoms with van der Waals surface area (Å²) >= 11 is 0. The zero-order valence-corrected chi connectivity index (χ0v) is 21.9. The van der Waals surface area contributed by atoms with E-state index >= 15 is 0 Å². The number of sulfonamides is 1. The van der Waals surface area contributed by atoms with Crippen molar-refractivity contribution in [2.75, 3.05) is 17.1 Å². The van der Waals surface area contributed by atoms with Crippen LogP contribution in [-0.2, 0) is 26.2 Å². The first-order chi connectivity index (χ1) is 17.6. The first-order valence-corrected chi connectivity index (χ1v) is 14.3. The van der Waals surface area contributed by atoms with Crippen molar-refractivity contribution in [1.82, 2.24) is 10.2 Å². The van der Waals surface area contributed by atoms with E-state index in [2.05, 4.69) is 5.32 Å². The fourth-order valence-corrected chi connectivity index (χ4v) is 5.67. The van der Waals surface area contributed by atoms with E-state index in [0.717, 1.165) is 41.6 Å². The van der Waals surface area contributed by atoms with Gasteiger partial charge in [-0.05, 0) is 37.3 Å². The summed E-state index contributed by atoms with van der Waals surface area (Å²) in [6, 6.07) is 17.7. The molecule has 0 bridgehead atoms. The number of carbonyl (C=O) groups excluding carboxylic acids is 2. The summed E-state index contributed by atoms with van der Waals surface area (Å²) in [6.07, 6.45) is 4.86. The molecule has 1 aliphatic carbocycles. The Morgan fingerprint density at radius 2 is 1.65 bits per heavy atom. The Balaban J connectivity index is 1.66. The van der Waals surface area contributed by atoms with Gasteiger partial charge in [0.1, 0.15) is 18.4 Å². The number of carbonyl (C=O) groups is 2. The van der Waals surface area contributed by atoms with Gasteiger partial charge < -0.3 is 10.2 Å². The van der Waals surface area contributed by atoms with Crippen molar-refractivity contribution in [2.24, 2.45) is 0 Å². The molecule has 4 rings (SSSR count).